The summed E-state index contributed by atoms with van der Waals surface area (Å²) in [4.78, 5) is 18.5. The van der Waals surface area contributed by atoms with Crippen molar-refractivity contribution in [2.45, 2.75) is 50.7 Å². The number of carboxylic acids is 1. The van der Waals surface area contributed by atoms with Gasteiger partial charge in [-0.3, -0.25) is 9.69 Å². The summed E-state index contributed by atoms with van der Waals surface area (Å²) in [5, 5.41) is 10.3. The predicted molar refractivity (Wildman–Crippen MR) is 87.5 cm³/mol. The van der Waals surface area contributed by atoms with Crippen LogP contribution < -0.4 is 0 Å². The van der Waals surface area contributed by atoms with Crippen molar-refractivity contribution in [3.63, 3.8) is 0 Å². The van der Waals surface area contributed by atoms with Crippen LogP contribution >= 0.6 is 11.6 Å². The monoisotopic (exact) mass is 333 g/mol. The molecule has 3 atom stereocenters. The smallest absolute Gasteiger partial charge is 0.320 e. The lowest BCUT2D eigenvalue weighted by atomic mass is 9.85. The number of likely N-dealkylation sites (tertiary alicyclic amines) is 1. The maximum atomic E-state index is 11.7. The van der Waals surface area contributed by atoms with Gasteiger partial charge >= 0.3 is 5.97 Å². The van der Waals surface area contributed by atoms with E-state index in [1.54, 1.807) is 0 Å². The van der Waals surface area contributed by atoms with Gasteiger partial charge in [0.15, 0.2) is 0 Å². The molecule has 1 aliphatic heterocycles. The third-order valence-electron chi connectivity index (χ3n) is 5.32. The van der Waals surface area contributed by atoms with Crippen LogP contribution in [0.4, 0.5) is 0 Å². The molecule has 23 heavy (non-hydrogen) atoms. The number of aromatic nitrogens is 2. The number of fused-ring (bicyclic) bond motifs is 2. The quantitative estimate of drug-likeness (QED) is 0.937. The van der Waals surface area contributed by atoms with E-state index in [0.29, 0.717) is 23.5 Å². The van der Waals surface area contributed by atoms with Crippen molar-refractivity contribution in [3.8, 4) is 0 Å². The first-order valence-corrected chi connectivity index (χ1v) is 8.61. The number of rotatable bonds is 3. The molecule has 3 heterocycles. The Hall–Kier alpha value is -1.59. The molecule has 1 saturated heterocycles. The van der Waals surface area contributed by atoms with E-state index in [2.05, 4.69) is 9.88 Å². The van der Waals surface area contributed by atoms with Crippen LogP contribution in [0.1, 0.15) is 37.8 Å². The lowest BCUT2D eigenvalue weighted by molar-refractivity contribution is -0.142. The van der Waals surface area contributed by atoms with Crippen molar-refractivity contribution in [2.75, 3.05) is 0 Å². The maximum absolute atomic E-state index is 11.7. The molecule has 1 saturated carbocycles. The second-order valence-electron chi connectivity index (χ2n) is 6.72. The Bertz CT molecular complexity index is 745. The highest BCUT2D eigenvalue weighted by atomic mass is 35.5. The van der Waals surface area contributed by atoms with Crippen LogP contribution in [0.2, 0.25) is 5.02 Å². The number of pyridine rings is 1. The fraction of sp³-hybridized carbons (Fsp3) is 0.529. The molecule has 122 valence electrons. The van der Waals surface area contributed by atoms with Crippen LogP contribution in [0.3, 0.4) is 0 Å². The van der Waals surface area contributed by atoms with Crippen LogP contribution in [-0.4, -0.2) is 37.4 Å². The van der Waals surface area contributed by atoms with E-state index in [0.717, 1.165) is 30.6 Å². The number of hydrogen-bond acceptors (Lipinski definition) is 3. The molecule has 1 aliphatic carbocycles. The van der Waals surface area contributed by atoms with E-state index >= 15 is 0 Å². The molecule has 1 N–H and O–H groups in total. The number of hydrogen-bond donors (Lipinski definition) is 1. The molecular formula is C17H20ClN3O2. The summed E-state index contributed by atoms with van der Waals surface area (Å²) >= 11 is 6.02. The zero-order valence-corrected chi connectivity index (χ0v) is 13.6. The Labute approximate surface area is 139 Å². The van der Waals surface area contributed by atoms with Gasteiger partial charge in [-0.15, -0.1) is 0 Å². The molecule has 2 aromatic heterocycles. The molecule has 0 bridgehead atoms. The fourth-order valence-corrected chi connectivity index (χ4v) is 4.47. The minimum absolute atomic E-state index is 0.378. The highest BCUT2D eigenvalue weighted by Gasteiger charge is 2.45. The van der Waals surface area contributed by atoms with Gasteiger partial charge in [0.2, 0.25) is 0 Å². The van der Waals surface area contributed by atoms with Crippen molar-refractivity contribution in [3.05, 3.63) is 35.2 Å². The zero-order chi connectivity index (χ0) is 16.0. The Morgan fingerprint density at radius 1 is 1.30 bits per heavy atom. The van der Waals surface area contributed by atoms with Crippen molar-refractivity contribution < 1.29 is 9.90 Å². The van der Waals surface area contributed by atoms with E-state index in [4.69, 9.17) is 11.6 Å². The third kappa shape index (κ3) is 2.72. The SMILES string of the molecule is O=C(O)[C@@H]1C[C@H]2CCCC[C@@H]2N1Cc1cn2cc(Cl)ccc2n1. The summed E-state index contributed by atoms with van der Waals surface area (Å²) in [5.74, 6) is -0.178. The topological polar surface area (TPSA) is 57.8 Å². The summed E-state index contributed by atoms with van der Waals surface area (Å²) in [6.45, 7) is 0.595. The minimum Gasteiger partial charge on any atom is -0.480 e. The zero-order valence-electron chi connectivity index (χ0n) is 12.9. The Morgan fingerprint density at radius 2 is 2.13 bits per heavy atom. The molecule has 2 aliphatic rings. The molecule has 0 radical (unpaired) electrons. The standard InChI is InChI=1S/C17H20ClN3O2/c18-12-5-6-16-19-13(9-20(16)8-12)10-21-14-4-2-1-3-11(14)7-15(21)17(22)23/h5-6,8-9,11,14-15H,1-4,7,10H2,(H,22,23)/t11-,14+,15+/m1/s1. The van der Waals surface area contributed by atoms with Crippen molar-refractivity contribution in [1.29, 1.82) is 0 Å². The number of aliphatic carboxylic acids is 1. The first-order valence-electron chi connectivity index (χ1n) is 8.23. The second-order valence-corrected chi connectivity index (χ2v) is 7.16. The molecule has 0 amide bonds. The summed E-state index contributed by atoms with van der Waals surface area (Å²) < 4.78 is 1.90. The van der Waals surface area contributed by atoms with E-state index in [-0.39, 0.29) is 6.04 Å². The van der Waals surface area contributed by atoms with Crippen LogP contribution in [0.5, 0.6) is 0 Å². The fourth-order valence-electron chi connectivity index (χ4n) is 4.30. The summed E-state index contributed by atoms with van der Waals surface area (Å²) in [7, 11) is 0. The minimum atomic E-state index is -0.703. The predicted octanol–water partition coefficient (Wildman–Crippen LogP) is 3.21. The Morgan fingerprint density at radius 3 is 2.96 bits per heavy atom. The first kappa shape index (κ1) is 15.0. The highest BCUT2D eigenvalue weighted by Crippen LogP contribution is 2.40. The average molecular weight is 334 g/mol. The second kappa shape index (κ2) is 5.80. The van der Waals surface area contributed by atoms with Gasteiger partial charge in [-0.2, -0.15) is 0 Å². The van der Waals surface area contributed by atoms with Gasteiger partial charge in [-0.1, -0.05) is 24.4 Å². The molecule has 2 aromatic rings. The van der Waals surface area contributed by atoms with Crippen molar-refractivity contribution in [1.82, 2.24) is 14.3 Å². The van der Waals surface area contributed by atoms with Gasteiger partial charge in [0, 0.05) is 25.0 Å². The Balaban J connectivity index is 1.62. The number of carbonyl (C=O) groups is 1. The summed E-state index contributed by atoms with van der Waals surface area (Å²) in [6, 6.07) is 3.71. The van der Waals surface area contributed by atoms with E-state index in [1.165, 1.54) is 12.8 Å². The van der Waals surface area contributed by atoms with Crippen molar-refractivity contribution in [2.24, 2.45) is 5.92 Å². The van der Waals surface area contributed by atoms with Crippen LogP contribution in [0.25, 0.3) is 5.65 Å². The maximum Gasteiger partial charge on any atom is 0.320 e. The number of nitrogens with zero attached hydrogens (tertiary/aromatic N) is 3. The largest absolute Gasteiger partial charge is 0.480 e. The highest BCUT2D eigenvalue weighted by molar-refractivity contribution is 6.30. The van der Waals surface area contributed by atoms with Crippen molar-refractivity contribution >= 4 is 23.2 Å². The van der Waals surface area contributed by atoms with Crippen LogP contribution in [0.15, 0.2) is 24.5 Å². The lowest BCUT2D eigenvalue weighted by Crippen LogP contribution is -2.41. The molecule has 0 spiro atoms. The molecule has 0 aromatic carbocycles. The number of carboxylic acid groups (broad SMARTS) is 1. The molecule has 5 nitrogen and oxygen atoms in total. The number of halogens is 1. The Kier molecular flexibility index (Phi) is 3.77. The summed E-state index contributed by atoms with van der Waals surface area (Å²) in [6.07, 6.45) is 9.25. The van der Waals surface area contributed by atoms with Gasteiger partial charge in [-0.25, -0.2) is 4.98 Å². The van der Waals surface area contributed by atoms with Gasteiger partial charge in [-0.05, 0) is 37.3 Å². The van der Waals surface area contributed by atoms with Gasteiger partial charge in [0.1, 0.15) is 11.7 Å². The third-order valence-corrected chi connectivity index (χ3v) is 5.54. The van der Waals surface area contributed by atoms with Gasteiger partial charge in [0.05, 0.1) is 10.7 Å². The average Bonchev–Trinajstić information content (AvgIpc) is 3.08. The van der Waals surface area contributed by atoms with E-state index in [1.807, 2.05) is 28.9 Å². The first-order chi connectivity index (χ1) is 11.1. The molecule has 2 fully saturated rings. The molecule has 6 heteroatoms. The molecule has 4 rings (SSSR count). The molecular weight excluding hydrogens is 314 g/mol. The normalized spacial score (nSPS) is 28.1. The van der Waals surface area contributed by atoms with E-state index in [9.17, 15) is 9.90 Å². The van der Waals surface area contributed by atoms with Crippen LogP contribution in [0, 0.1) is 5.92 Å². The molecule has 0 unspecified atom stereocenters. The summed E-state index contributed by atoms with van der Waals surface area (Å²) in [5.41, 5.74) is 1.75. The van der Waals surface area contributed by atoms with E-state index < -0.39 is 5.97 Å². The number of imidazole rings is 1. The lowest BCUT2D eigenvalue weighted by Gasteiger charge is -2.32. The van der Waals surface area contributed by atoms with Gasteiger partial charge < -0.3 is 9.51 Å². The van der Waals surface area contributed by atoms with Crippen LogP contribution in [-0.2, 0) is 11.3 Å². The van der Waals surface area contributed by atoms with Gasteiger partial charge in [0.25, 0.3) is 0 Å².